The van der Waals surface area contributed by atoms with Crippen LogP contribution in [0.25, 0.3) is 21.8 Å². The summed E-state index contributed by atoms with van der Waals surface area (Å²) >= 11 is 1.48. The summed E-state index contributed by atoms with van der Waals surface area (Å²) in [5.74, 6) is -0.0333. The maximum absolute atomic E-state index is 12.7. The number of H-pyrrole nitrogens is 1. The van der Waals surface area contributed by atoms with E-state index in [1.54, 1.807) is 18.5 Å². The molecule has 2 N–H and O–H groups in total. The molecule has 3 aromatic rings. The van der Waals surface area contributed by atoms with Crippen LogP contribution in [0.15, 0.2) is 40.8 Å². The molecule has 1 saturated heterocycles. The molecule has 0 saturated carbocycles. The molecule has 0 aliphatic carbocycles. The summed E-state index contributed by atoms with van der Waals surface area (Å²) in [6, 6.07) is 5.53. The van der Waals surface area contributed by atoms with Gasteiger partial charge in [-0.15, -0.1) is 11.3 Å². The first-order valence-electron chi connectivity index (χ1n) is 10.8. The number of likely N-dealkylation sites (tertiary alicyclic amines) is 1. The van der Waals surface area contributed by atoms with Gasteiger partial charge in [-0.2, -0.15) is 0 Å². The molecule has 1 amide bonds. The first-order valence-corrected chi connectivity index (χ1v) is 11.7. The standard InChI is InChI=1S/C23H27N5O2S/c1-2-18-19(25-21(29)8-13-28-11-4-3-5-12-28)14-17(22(30)26-18)20-15-31-23(27-20)16-6-9-24-10-7-16/h6-7,9-10,14-15H,2-5,8,11-13H2,1H3,(H,25,29)(H,26,30). The van der Waals surface area contributed by atoms with Crippen molar-refractivity contribution in [1.82, 2.24) is 19.9 Å². The lowest BCUT2D eigenvalue weighted by Gasteiger charge is -2.26. The fourth-order valence-corrected chi connectivity index (χ4v) is 4.66. The summed E-state index contributed by atoms with van der Waals surface area (Å²) in [6.07, 6.45) is 8.20. The lowest BCUT2D eigenvalue weighted by molar-refractivity contribution is -0.116. The summed E-state index contributed by atoms with van der Waals surface area (Å²) in [6.45, 7) is 4.86. The predicted molar refractivity (Wildman–Crippen MR) is 124 cm³/mol. The number of anilines is 1. The van der Waals surface area contributed by atoms with Gasteiger partial charge in [0.25, 0.3) is 5.56 Å². The van der Waals surface area contributed by atoms with Crippen molar-refractivity contribution in [3.63, 3.8) is 0 Å². The Morgan fingerprint density at radius 2 is 2.00 bits per heavy atom. The van der Waals surface area contributed by atoms with Crippen LogP contribution in [0, 0.1) is 0 Å². The third-order valence-corrected chi connectivity index (χ3v) is 6.45. The average Bonchev–Trinajstić information content (AvgIpc) is 3.30. The highest BCUT2D eigenvalue weighted by Gasteiger charge is 2.16. The van der Waals surface area contributed by atoms with E-state index in [0.29, 0.717) is 29.8 Å². The van der Waals surface area contributed by atoms with Crippen molar-refractivity contribution in [2.24, 2.45) is 0 Å². The van der Waals surface area contributed by atoms with E-state index in [0.717, 1.165) is 35.9 Å². The van der Waals surface area contributed by atoms with Gasteiger partial charge in [-0.3, -0.25) is 14.6 Å². The van der Waals surface area contributed by atoms with E-state index in [-0.39, 0.29) is 11.5 Å². The van der Waals surface area contributed by atoms with Gasteiger partial charge in [-0.25, -0.2) is 4.98 Å². The third kappa shape index (κ3) is 5.26. The number of hydrogen-bond acceptors (Lipinski definition) is 6. The number of aromatic nitrogens is 3. The molecule has 0 unspecified atom stereocenters. The van der Waals surface area contributed by atoms with Gasteiger partial charge < -0.3 is 15.2 Å². The molecule has 4 rings (SSSR count). The number of aryl methyl sites for hydroxylation is 1. The van der Waals surface area contributed by atoms with E-state index < -0.39 is 0 Å². The molecule has 8 heteroatoms. The second-order valence-electron chi connectivity index (χ2n) is 7.73. The van der Waals surface area contributed by atoms with E-state index in [2.05, 4.69) is 25.2 Å². The number of pyridine rings is 2. The topological polar surface area (TPSA) is 91.0 Å². The molecule has 1 fully saturated rings. The second-order valence-corrected chi connectivity index (χ2v) is 8.59. The van der Waals surface area contributed by atoms with Crippen molar-refractivity contribution >= 4 is 22.9 Å². The van der Waals surface area contributed by atoms with Crippen LogP contribution < -0.4 is 10.9 Å². The van der Waals surface area contributed by atoms with Crippen molar-refractivity contribution in [3.8, 4) is 21.8 Å². The minimum Gasteiger partial charge on any atom is -0.325 e. The van der Waals surface area contributed by atoms with Gasteiger partial charge in [0.2, 0.25) is 5.91 Å². The number of hydrogen-bond donors (Lipinski definition) is 2. The lowest BCUT2D eigenvalue weighted by atomic mass is 10.1. The summed E-state index contributed by atoms with van der Waals surface area (Å²) < 4.78 is 0. The number of thiazole rings is 1. The van der Waals surface area contributed by atoms with Crippen molar-refractivity contribution in [2.45, 2.75) is 39.0 Å². The summed E-state index contributed by atoms with van der Waals surface area (Å²) in [5.41, 5.74) is 3.20. The average molecular weight is 438 g/mol. The maximum atomic E-state index is 12.7. The molecular formula is C23H27N5O2S. The minimum absolute atomic E-state index is 0.0333. The minimum atomic E-state index is -0.199. The SMILES string of the molecule is CCc1[nH]c(=O)c(-c2csc(-c3ccncc3)n2)cc1NC(=O)CCN1CCCCC1. The molecule has 0 radical (unpaired) electrons. The third-order valence-electron chi connectivity index (χ3n) is 5.56. The molecule has 0 spiro atoms. The van der Waals surface area contributed by atoms with Crippen molar-refractivity contribution in [3.05, 3.63) is 52.0 Å². The van der Waals surface area contributed by atoms with Crippen molar-refractivity contribution in [1.29, 1.82) is 0 Å². The Hall–Kier alpha value is -2.84. The van der Waals surface area contributed by atoms with E-state index in [4.69, 9.17) is 0 Å². The zero-order valence-corrected chi connectivity index (χ0v) is 18.5. The zero-order chi connectivity index (χ0) is 21.6. The van der Waals surface area contributed by atoms with Crippen molar-refractivity contribution in [2.75, 3.05) is 25.0 Å². The Balaban J connectivity index is 1.52. The smallest absolute Gasteiger partial charge is 0.257 e. The first kappa shape index (κ1) is 21.4. The number of aromatic amines is 1. The first-order chi connectivity index (χ1) is 15.1. The number of rotatable bonds is 7. The molecular weight excluding hydrogens is 410 g/mol. The van der Waals surface area contributed by atoms with Crippen molar-refractivity contribution < 1.29 is 4.79 Å². The Bertz CT molecular complexity index is 1090. The van der Waals surface area contributed by atoms with E-state index in [9.17, 15) is 9.59 Å². The fourth-order valence-electron chi connectivity index (χ4n) is 3.83. The second kappa shape index (κ2) is 9.98. The summed E-state index contributed by atoms with van der Waals surface area (Å²) in [4.78, 5) is 39.2. The van der Waals surface area contributed by atoms with Crippen LogP contribution in [-0.2, 0) is 11.2 Å². The summed E-state index contributed by atoms with van der Waals surface area (Å²) in [5, 5.41) is 5.70. The highest BCUT2D eigenvalue weighted by atomic mass is 32.1. The van der Waals surface area contributed by atoms with E-state index in [1.165, 1.54) is 30.6 Å². The van der Waals surface area contributed by atoms with Gasteiger partial charge in [0, 0.05) is 42.0 Å². The molecule has 1 aliphatic rings. The van der Waals surface area contributed by atoms with Crippen LogP contribution in [0.2, 0.25) is 0 Å². The van der Waals surface area contributed by atoms with E-state index >= 15 is 0 Å². The maximum Gasteiger partial charge on any atom is 0.257 e. The highest BCUT2D eigenvalue weighted by molar-refractivity contribution is 7.13. The number of amides is 1. The molecule has 0 atom stereocenters. The Labute approximate surface area is 185 Å². The quantitative estimate of drug-likeness (QED) is 0.584. The Kier molecular flexibility index (Phi) is 6.89. The summed E-state index contributed by atoms with van der Waals surface area (Å²) in [7, 11) is 0. The van der Waals surface area contributed by atoms with Crippen LogP contribution in [0.4, 0.5) is 5.69 Å². The van der Waals surface area contributed by atoms with Gasteiger partial charge >= 0.3 is 0 Å². The highest BCUT2D eigenvalue weighted by Crippen LogP contribution is 2.28. The van der Waals surface area contributed by atoms with Crippen LogP contribution in [-0.4, -0.2) is 45.4 Å². The van der Waals surface area contributed by atoms with Crippen LogP contribution in [0.1, 0.15) is 38.3 Å². The zero-order valence-electron chi connectivity index (χ0n) is 17.7. The molecule has 0 bridgehead atoms. The number of carbonyl (C=O) groups excluding carboxylic acids is 1. The number of carbonyl (C=O) groups is 1. The van der Waals surface area contributed by atoms with Gasteiger partial charge in [0.15, 0.2) is 0 Å². The molecule has 31 heavy (non-hydrogen) atoms. The molecule has 162 valence electrons. The van der Waals surface area contributed by atoms with Crippen LogP contribution in [0.3, 0.4) is 0 Å². The molecule has 0 aromatic carbocycles. The molecule has 1 aliphatic heterocycles. The number of nitrogens with zero attached hydrogens (tertiary/aromatic N) is 3. The number of piperidine rings is 1. The fraction of sp³-hybridized carbons (Fsp3) is 0.391. The van der Waals surface area contributed by atoms with E-state index in [1.807, 2.05) is 24.4 Å². The van der Waals surface area contributed by atoms with Gasteiger partial charge in [-0.1, -0.05) is 13.3 Å². The number of nitrogens with one attached hydrogen (secondary N) is 2. The Morgan fingerprint density at radius 1 is 1.23 bits per heavy atom. The van der Waals surface area contributed by atoms with Crippen LogP contribution in [0.5, 0.6) is 0 Å². The van der Waals surface area contributed by atoms with Crippen LogP contribution >= 0.6 is 11.3 Å². The normalized spacial score (nSPS) is 14.5. The lowest BCUT2D eigenvalue weighted by Crippen LogP contribution is -2.32. The largest absolute Gasteiger partial charge is 0.325 e. The van der Waals surface area contributed by atoms with Gasteiger partial charge in [0.05, 0.1) is 16.9 Å². The molecule has 7 nitrogen and oxygen atoms in total. The predicted octanol–water partition coefficient (Wildman–Crippen LogP) is 3.94. The monoisotopic (exact) mass is 437 g/mol. The molecule has 4 heterocycles. The molecule has 3 aromatic heterocycles. The Morgan fingerprint density at radius 3 is 2.74 bits per heavy atom. The van der Waals surface area contributed by atoms with Gasteiger partial charge in [0.1, 0.15) is 5.01 Å². The van der Waals surface area contributed by atoms with Gasteiger partial charge in [-0.05, 0) is 50.6 Å².